The highest BCUT2D eigenvalue weighted by molar-refractivity contribution is 8.00. The molecule has 1 aromatic carbocycles. The summed E-state index contributed by atoms with van der Waals surface area (Å²) in [6.07, 6.45) is 0.803. The van der Waals surface area contributed by atoms with Gasteiger partial charge in [0.2, 0.25) is 5.91 Å². The highest BCUT2D eigenvalue weighted by Crippen LogP contribution is 2.25. The van der Waals surface area contributed by atoms with Crippen molar-refractivity contribution in [3.8, 4) is 0 Å². The fraction of sp³-hybridized carbons (Fsp3) is 0.409. The molecule has 0 aliphatic heterocycles. The predicted molar refractivity (Wildman–Crippen MR) is 126 cm³/mol. The standard InChI is InChI=1S/C22H27N5O5S/c1-12(2)27-18(8-9-23-27)25-19(29)14(4)33-22-24-17-10-15(21(31)32-5)6-7-16(17)20(30)26(22)11-13(3)28/h6-10,12-14,28H,11H2,1-5H3,(H,25,29)/t13-,14-/m0/s1. The second-order valence-electron chi connectivity index (χ2n) is 7.89. The molecule has 0 aliphatic rings. The molecule has 0 aliphatic carbocycles. The number of fused-ring (bicyclic) bond motifs is 1. The summed E-state index contributed by atoms with van der Waals surface area (Å²) < 4.78 is 7.79. The number of thioether (sulfide) groups is 1. The summed E-state index contributed by atoms with van der Waals surface area (Å²) in [6.45, 7) is 7.18. The number of ether oxygens (including phenoxy) is 1. The molecule has 176 valence electrons. The lowest BCUT2D eigenvalue weighted by Gasteiger charge is -2.18. The maximum atomic E-state index is 13.1. The van der Waals surface area contributed by atoms with Gasteiger partial charge in [0.1, 0.15) is 5.82 Å². The van der Waals surface area contributed by atoms with Crippen molar-refractivity contribution in [3.63, 3.8) is 0 Å². The van der Waals surface area contributed by atoms with Crippen LogP contribution in [0.5, 0.6) is 0 Å². The number of benzene rings is 1. The lowest BCUT2D eigenvalue weighted by atomic mass is 10.1. The number of esters is 1. The number of hydrogen-bond donors (Lipinski definition) is 2. The molecule has 3 rings (SSSR count). The Bertz CT molecular complexity index is 1230. The number of aliphatic hydroxyl groups excluding tert-OH is 1. The van der Waals surface area contributed by atoms with E-state index in [1.54, 1.807) is 30.8 Å². The molecular formula is C22H27N5O5S. The first kappa shape index (κ1) is 24.5. The third kappa shape index (κ3) is 5.42. The van der Waals surface area contributed by atoms with Crippen molar-refractivity contribution >= 4 is 40.4 Å². The van der Waals surface area contributed by atoms with Crippen LogP contribution in [-0.4, -0.2) is 54.8 Å². The van der Waals surface area contributed by atoms with Gasteiger partial charge in [0.25, 0.3) is 5.56 Å². The van der Waals surface area contributed by atoms with E-state index in [1.807, 2.05) is 13.8 Å². The van der Waals surface area contributed by atoms with Gasteiger partial charge in [-0.2, -0.15) is 5.10 Å². The average molecular weight is 474 g/mol. The Kier molecular flexibility index (Phi) is 7.54. The van der Waals surface area contributed by atoms with Crippen molar-refractivity contribution in [2.75, 3.05) is 12.4 Å². The number of aliphatic hydroxyl groups is 1. The van der Waals surface area contributed by atoms with Gasteiger partial charge in [-0.3, -0.25) is 14.2 Å². The van der Waals surface area contributed by atoms with Crippen molar-refractivity contribution in [1.29, 1.82) is 0 Å². The van der Waals surface area contributed by atoms with Crippen molar-refractivity contribution < 1.29 is 19.4 Å². The highest BCUT2D eigenvalue weighted by Gasteiger charge is 2.22. The van der Waals surface area contributed by atoms with Crippen LogP contribution in [0.3, 0.4) is 0 Å². The van der Waals surface area contributed by atoms with E-state index in [2.05, 4.69) is 15.4 Å². The van der Waals surface area contributed by atoms with Crippen LogP contribution in [-0.2, 0) is 16.1 Å². The van der Waals surface area contributed by atoms with Gasteiger partial charge in [-0.25, -0.2) is 14.5 Å². The fourth-order valence-corrected chi connectivity index (χ4v) is 4.14. The van der Waals surface area contributed by atoms with E-state index in [9.17, 15) is 19.5 Å². The number of nitrogens with one attached hydrogen (secondary N) is 1. The van der Waals surface area contributed by atoms with Crippen molar-refractivity contribution in [1.82, 2.24) is 19.3 Å². The second-order valence-corrected chi connectivity index (χ2v) is 9.19. The maximum Gasteiger partial charge on any atom is 0.337 e. The Labute approximate surface area is 195 Å². The van der Waals surface area contributed by atoms with Crippen molar-refractivity contribution in [3.05, 3.63) is 46.4 Å². The monoisotopic (exact) mass is 473 g/mol. The van der Waals surface area contributed by atoms with Crippen LogP contribution < -0.4 is 10.9 Å². The number of aromatic nitrogens is 4. The number of carbonyl (C=O) groups excluding carboxylic acids is 2. The molecule has 0 unspecified atom stereocenters. The first-order chi connectivity index (χ1) is 15.6. The highest BCUT2D eigenvalue weighted by atomic mass is 32.2. The Hall–Kier alpha value is -3.18. The van der Waals surface area contributed by atoms with Crippen LogP contribution in [0.2, 0.25) is 0 Å². The lowest BCUT2D eigenvalue weighted by molar-refractivity contribution is -0.115. The molecule has 2 atom stereocenters. The normalized spacial score (nSPS) is 13.2. The number of amides is 1. The quantitative estimate of drug-likeness (QED) is 0.290. The van der Waals surface area contributed by atoms with Crippen LogP contribution in [0.25, 0.3) is 10.9 Å². The molecule has 0 bridgehead atoms. The second kappa shape index (κ2) is 10.2. The van der Waals surface area contributed by atoms with E-state index < -0.39 is 17.3 Å². The van der Waals surface area contributed by atoms with Gasteiger partial charge in [0.05, 0.1) is 47.7 Å². The minimum atomic E-state index is -0.805. The number of rotatable bonds is 8. The molecule has 0 radical (unpaired) electrons. The molecule has 33 heavy (non-hydrogen) atoms. The summed E-state index contributed by atoms with van der Waals surface area (Å²) in [7, 11) is 1.27. The molecule has 2 aromatic heterocycles. The smallest absolute Gasteiger partial charge is 0.337 e. The molecule has 0 saturated carbocycles. The number of nitrogens with zero attached hydrogens (tertiary/aromatic N) is 4. The first-order valence-electron chi connectivity index (χ1n) is 10.4. The zero-order valence-corrected chi connectivity index (χ0v) is 19.9. The minimum Gasteiger partial charge on any atom is -0.465 e. The molecule has 1 amide bonds. The van der Waals surface area contributed by atoms with Crippen LogP contribution in [0, 0.1) is 0 Å². The first-order valence-corrected chi connectivity index (χ1v) is 11.3. The number of anilines is 1. The van der Waals surface area contributed by atoms with Crippen LogP contribution in [0.15, 0.2) is 40.4 Å². The van der Waals surface area contributed by atoms with E-state index in [4.69, 9.17) is 4.74 Å². The summed E-state index contributed by atoms with van der Waals surface area (Å²) in [5, 5.41) is 16.9. The molecular weight excluding hydrogens is 446 g/mol. The Morgan fingerprint density at radius 2 is 1.94 bits per heavy atom. The third-order valence-corrected chi connectivity index (χ3v) is 5.94. The van der Waals surface area contributed by atoms with Gasteiger partial charge in [-0.05, 0) is 45.9 Å². The fourth-order valence-electron chi connectivity index (χ4n) is 3.22. The topological polar surface area (TPSA) is 128 Å². The molecule has 11 heteroatoms. The number of carbonyl (C=O) groups is 2. The molecule has 3 aromatic rings. The average Bonchev–Trinajstić information content (AvgIpc) is 3.23. The van der Waals surface area contributed by atoms with Crippen LogP contribution >= 0.6 is 11.8 Å². The lowest BCUT2D eigenvalue weighted by Crippen LogP contribution is -2.30. The van der Waals surface area contributed by atoms with Crippen LogP contribution in [0.4, 0.5) is 5.82 Å². The van der Waals surface area contributed by atoms with Crippen molar-refractivity contribution in [2.45, 2.75) is 56.8 Å². The summed E-state index contributed by atoms with van der Waals surface area (Å²) in [5.74, 6) is -0.266. The Morgan fingerprint density at radius 1 is 1.21 bits per heavy atom. The molecule has 2 N–H and O–H groups in total. The zero-order valence-electron chi connectivity index (χ0n) is 19.1. The van der Waals surface area contributed by atoms with E-state index in [0.29, 0.717) is 16.7 Å². The van der Waals surface area contributed by atoms with Gasteiger partial charge >= 0.3 is 5.97 Å². The molecule has 10 nitrogen and oxygen atoms in total. The summed E-state index contributed by atoms with van der Waals surface area (Å²) in [5.41, 5.74) is 0.192. The Morgan fingerprint density at radius 3 is 2.58 bits per heavy atom. The van der Waals surface area contributed by atoms with Gasteiger partial charge < -0.3 is 15.2 Å². The maximum absolute atomic E-state index is 13.1. The summed E-state index contributed by atoms with van der Waals surface area (Å²) in [6, 6.07) is 6.25. The van der Waals surface area contributed by atoms with E-state index in [0.717, 1.165) is 11.8 Å². The van der Waals surface area contributed by atoms with E-state index in [-0.39, 0.29) is 34.8 Å². The summed E-state index contributed by atoms with van der Waals surface area (Å²) in [4.78, 5) is 42.4. The SMILES string of the molecule is COC(=O)c1ccc2c(=O)n(C[C@H](C)O)c(S[C@@H](C)C(=O)Nc3ccnn3C(C)C)nc2c1. The number of hydrogen-bond acceptors (Lipinski definition) is 8. The summed E-state index contributed by atoms with van der Waals surface area (Å²) >= 11 is 1.09. The molecule has 0 fully saturated rings. The van der Waals surface area contributed by atoms with Gasteiger partial charge in [-0.15, -0.1) is 0 Å². The minimum absolute atomic E-state index is 0.0112. The van der Waals surface area contributed by atoms with Gasteiger partial charge in [0, 0.05) is 12.1 Å². The van der Waals surface area contributed by atoms with Gasteiger partial charge in [-0.1, -0.05) is 11.8 Å². The van der Waals surface area contributed by atoms with Crippen LogP contribution in [0.1, 0.15) is 44.1 Å². The van der Waals surface area contributed by atoms with Gasteiger partial charge in [0.15, 0.2) is 5.16 Å². The van der Waals surface area contributed by atoms with Crippen molar-refractivity contribution in [2.24, 2.45) is 0 Å². The number of methoxy groups -OCH3 is 1. The largest absolute Gasteiger partial charge is 0.465 e. The van der Waals surface area contributed by atoms with E-state index >= 15 is 0 Å². The molecule has 2 heterocycles. The molecule has 0 spiro atoms. The molecule has 0 saturated heterocycles. The predicted octanol–water partition coefficient (Wildman–Crippen LogP) is 2.46. The third-order valence-electron chi connectivity index (χ3n) is 4.85. The van der Waals surface area contributed by atoms with E-state index in [1.165, 1.54) is 29.9 Å². The Balaban J connectivity index is 1.96. The zero-order chi connectivity index (χ0) is 24.3.